The first-order valence-electron chi connectivity index (χ1n) is 9.96. The molecule has 2 fully saturated rings. The molecule has 2 aliphatic carbocycles. The molecule has 0 nitrogen and oxygen atoms in total. The monoisotopic (exact) mass is 316 g/mol. The van der Waals surface area contributed by atoms with Crippen LogP contribution in [0.3, 0.4) is 0 Å². The van der Waals surface area contributed by atoms with Gasteiger partial charge in [0.2, 0.25) is 0 Å². The van der Waals surface area contributed by atoms with Gasteiger partial charge in [-0.25, -0.2) is 4.39 Å². The predicted molar refractivity (Wildman–Crippen MR) is 96.1 cm³/mol. The molecule has 0 bridgehead atoms. The third-order valence-corrected chi connectivity index (χ3v) is 6.77. The average Bonchev–Trinajstić information content (AvgIpc) is 2.59. The Morgan fingerprint density at radius 2 is 1.52 bits per heavy atom. The highest BCUT2D eigenvalue weighted by atomic mass is 19.1. The van der Waals surface area contributed by atoms with E-state index in [0.29, 0.717) is 11.3 Å². The largest absolute Gasteiger partial charge is 0.207 e. The molecule has 2 saturated carbocycles. The molecule has 1 aromatic carbocycles. The third-order valence-electron chi connectivity index (χ3n) is 6.77. The zero-order valence-corrected chi connectivity index (χ0v) is 14.8. The van der Waals surface area contributed by atoms with Crippen LogP contribution in [0, 0.1) is 17.2 Å². The van der Waals surface area contributed by atoms with Crippen molar-refractivity contribution in [3.8, 4) is 0 Å². The van der Waals surface area contributed by atoms with Gasteiger partial charge in [-0.1, -0.05) is 44.7 Å². The Morgan fingerprint density at radius 3 is 2.13 bits per heavy atom. The molecule has 0 radical (unpaired) electrons. The molecule has 1 aromatic rings. The average molecular weight is 317 g/mol. The SMILES string of the molecule is CCCCCC1CCC2(CC1)CCC(c1ccc(F)cc1)CC2. The van der Waals surface area contributed by atoms with E-state index in [1.807, 2.05) is 12.1 Å². The summed E-state index contributed by atoms with van der Waals surface area (Å²) in [5.41, 5.74) is 2.02. The van der Waals surface area contributed by atoms with Crippen LogP contribution in [-0.2, 0) is 0 Å². The molecule has 128 valence electrons. The fourth-order valence-electron chi connectivity index (χ4n) is 5.06. The van der Waals surface area contributed by atoms with Crippen molar-refractivity contribution in [1.29, 1.82) is 0 Å². The van der Waals surface area contributed by atoms with Crippen molar-refractivity contribution >= 4 is 0 Å². The summed E-state index contributed by atoms with van der Waals surface area (Å²) < 4.78 is 13.1. The van der Waals surface area contributed by atoms with Crippen molar-refractivity contribution in [2.24, 2.45) is 11.3 Å². The summed E-state index contributed by atoms with van der Waals surface area (Å²) >= 11 is 0. The molecule has 0 amide bonds. The normalized spacial score (nSPS) is 31.4. The number of hydrogen-bond donors (Lipinski definition) is 0. The Morgan fingerprint density at radius 1 is 0.913 bits per heavy atom. The molecule has 0 N–H and O–H groups in total. The molecule has 1 heteroatoms. The summed E-state index contributed by atoms with van der Waals surface area (Å²) in [6, 6.07) is 7.26. The molecule has 3 rings (SSSR count). The van der Waals surface area contributed by atoms with Gasteiger partial charge in [0, 0.05) is 0 Å². The first-order chi connectivity index (χ1) is 11.2. The van der Waals surface area contributed by atoms with Crippen LogP contribution in [0.15, 0.2) is 24.3 Å². The van der Waals surface area contributed by atoms with Gasteiger partial charge >= 0.3 is 0 Å². The van der Waals surface area contributed by atoms with Crippen LogP contribution < -0.4 is 0 Å². The Bertz CT molecular complexity index is 457. The highest BCUT2D eigenvalue weighted by Crippen LogP contribution is 2.52. The molecular formula is C22H33F. The quantitative estimate of drug-likeness (QED) is 0.502. The van der Waals surface area contributed by atoms with Gasteiger partial charge in [-0.05, 0) is 86.3 Å². The summed E-state index contributed by atoms with van der Waals surface area (Å²) in [7, 11) is 0. The topological polar surface area (TPSA) is 0 Å². The lowest BCUT2D eigenvalue weighted by Gasteiger charge is -2.45. The second-order valence-corrected chi connectivity index (χ2v) is 8.26. The maximum atomic E-state index is 13.1. The Hall–Kier alpha value is -0.850. The van der Waals surface area contributed by atoms with E-state index in [0.717, 1.165) is 5.92 Å². The summed E-state index contributed by atoms with van der Waals surface area (Å²) in [6.45, 7) is 2.30. The third kappa shape index (κ3) is 4.37. The van der Waals surface area contributed by atoms with Gasteiger partial charge in [0.1, 0.15) is 5.82 Å². The smallest absolute Gasteiger partial charge is 0.123 e. The molecule has 2 aliphatic rings. The maximum Gasteiger partial charge on any atom is 0.123 e. The van der Waals surface area contributed by atoms with E-state index < -0.39 is 0 Å². The van der Waals surface area contributed by atoms with Gasteiger partial charge in [-0.3, -0.25) is 0 Å². The summed E-state index contributed by atoms with van der Waals surface area (Å²) in [5, 5.41) is 0. The van der Waals surface area contributed by atoms with Crippen LogP contribution in [0.4, 0.5) is 4.39 Å². The van der Waals surface area contributed by atoms with E-state index in [2.05, 4.69) is 6.92 Å². The number of unbranched alkanes of at least 4 members (excludes halogenated alkanes) is 2. The van der Waals surface area contributed by atoms with Crippen molar-refractivity contribution < 1.29 is 4.39 Å². The second-order valence-electron chi connectivity index (χ2n) is 8.26. The van der Waals surface area contributed by atoms with Gasteiger partial charge in [0.15, 0.2) is 0 Å². The van der Waals surface area contributed by atoms with Crippen LogP contribution in [0.1, 0.15) is 95.5 Å². The van der Waals surface area contributed by atoms with Crippen LogP contribution in [0.25, 0.3) is 0 Å². The first-order valence-corrected chi connectivity index (χ1v) is 9.96. The summed E-state index contributed by atoms with van der Waals surface area (Å²) in [4.78, 5) is 0. The van der Waals surface area contributed by atoms with Gasteiger partial charge in [0.05, 0.1) is 0 Å². The van der Waals surface area contributed by atoms with Crippen molar-refractivity contribution in [1.82, 2.24) is 0 Å². The minimum atomic E-state index is -0.109. The highest BCUT2D eigenvalue weighted by molar-refractivity contribution is 5.21. The van der Waals surface area contributed by atoms with Crippen molar-refractivity contribution in [3.63, 3.8) is 0 Å². The highest BCUT2D eigenvalue weighted by Gasteiger charge is 2.38. The van der Waals surface area contributed by atoms with Crippen LogP contribution in [0.2, 0.25) is 0 Å². The zero-order valence-electron chi connectivity index (χ0n) is 14.8. The maximum absolute atomic E-state index is 13.1. The van der Waals surface area contributed by atoms with Crippen molar-refractivity contribution in [3.05, 3.63) is 35.6 Å². The van der Waals surface area contributed by atoms with Crippen LogP contribution in [0.5, 0.6) is 0 Å². The van der Waals surface area contributed by atoms with E-state index in [9.17, 15) is 4.39 Å². The minimum Gasteiger partial charge on any atom is -0.207 e. The molecule has 0 saturated heterocycles. The lowest BCUT2D eigenvalue weighted by Crippen LogP contribution is -2.31. The standard InChI is InChI=1S/C22H33F/c1-2-3-4-5-18-10-14-22(15-11-18)16-12-20(13-17-22)19-6-8-21(23)9-7-19/h6-9,18,20H,2-5,10-17H2,1H3. The van der Waals surface area contributed by atoms with E-state index in [4.69, 9.17) is 0 Å². The molecular weight excluding hydrogens is 283 g/mol. The van der Waals surface area contributed by atoms with Gasteiger partial charge in [-0.2, -0.15) is 0 Å². The number of hydrogen-bond acceptors (Lipinski definition) is 0. The Kier molecular flexibility index (Phi) is 5.77. The lowest BCUT2D eigenvalue weighted by molar-refractivity contribution is 0.0861. The lowest BCUT2D eigenvalue weighted by atomic mass is 9.60. The zero-order chi connectivity index (χ0) is 16.1. The van der Waals surface area contributed by atoms with Crippen LogP contribution in [-0.4, -0.2) is 0 Å². The summed E-state index contributed by atoms with van der Waals surface area (Å²) in [5.74, 6) is 1.58. The second kappa shape index (κ2) is 7.81. The first kappa shape index (κ1) is 17.0. The van der Waals surface area contributed by atoms with Gasteiger partial charge in [-0.15, -0.1) is 0 Å². The van der Waals surface area contributed by atoms with Gasteiger partial charge < -0.3 is 0 Å². The molecule has 1 spiro atoms. The van der Waals surface area contributed by atoms with Crippen LogP contribution >= 0.6 is 0 Å². The van der Waals surface area contributed by atoms with E-state index in [-0.39, 0.29) is 5.82 Å². The molecule has 0 aliphatic heterocycles. The molecule has 0 unspecified atom stereocenters. The van der Waals surface area contributed by atoms with Gasteiger partial charge in [0.25, 0.3) is 0 Å². The van der Waals surface area contributed by atoms with E-state index in [1.165, 1.54) is 82.6 Å². The predicted octanol–water partition coefficient (Wildman–Crippen LogP) is 7.24. The van der Waals surface area contributed by atoms with E-state index in [1.54, 1.807) is 12.1 Å². The van der Waals surface area contributed by atoms with Crippen molar-refractivity contribution in [2.45, 2.75) is 89.9 Å². The Balaban J connectivity index is 1.46. The summed E-state index contributed by atoms with van der Waals surface area (Å²) in [6.07, 6.45) is 17.0. The molecule has 23 heavy (non-hydrogen) atoms. The fourth-order valence-corrected chi connectivity index (χ4v) is 5.06. The number of halogens is 1. The van der Waals surface area contributed by atoms with E-state index >= 15 is 0 Å². The Labute approximate surface area is 141 Å². The molecule has 0 heterocycles. The van der Waals surface area contributed by atoms with Crippen molar-refractivity contribution in [2.75, 3.05) is 0 Å². The number of rotatable bonds is 5. The molecule has 0 atom stereocenters. The number of benzene rings is 1. The molecule has 0 aromatic heterocycles. The fraction of sp³-hybridized carbons (Fsp3) is 0.727. The minimum absolute atomic E-state index is 0.109.